The van der Waals surface area contributed by atoms with Crippen LogP contribution in [0.5, 0.6) is 0 Å². The van der Waals surface area contributed by atoms with E-state index in [-0.39, 0.29) is 18.0 Å². The molecular weight excluding hydrogens is 314 g/mol. The molecule has 1 aliphatic rings. The van der Waals surface area contributed by atoms with Crippen LogP contribution in [0, 0.1) is 0 Å². The normalized spacial score (nSPS) is 19.3. The fourth-order valence-electron chi connectivity index (χ4n) is 3.44. The van der Waals surface area contributed by atoms with Gasteiger partial charge in [-0.1, -0.05) is 24.3 Å². The number of carbonyl (C=O) groups is 1. The van der Waals surface area contributed by atoms with E-state index in [0.717, 1.165) is 30.1 Å². The Bertz CT molecular complexity index is 876. The van der Waals surface area contributed by atoms with Gasteiger partial charge in [0.2, 0.25) is 5.91 Å². The summed E-state index contributed by atoms with van der Waals surface area (Å²) in [6.45, 7) is 2.80. The van der Waals surface area contributed by atoms with Crippen molar-refractivity contribution in [1.82, 2.24) is 19.9 Å². The zero-order chi connectivity index (χ0) is 17.2. The third-order valence-corrected chi connectivity index (χ3v) is 4.70. The molecule has 6 nitrogen and oxygen atoms in total. The van der Waals surface area contributed by atoms with Crippen LogP contribution >= 0.6 is 0 Å². The Labute approximate surface area is 146 Å². The predicted molar refractivity (Wildman–Crippen MR) is 96.4 cm³/mol. The van der Waals surface area contributed by atoms with Crippen molar-refractivity contribution in [3.63, 3.8) is 0 Å². The van der Waals surface area contributed by atoms with Crippen molar-refractivity contribution in [2.75, 3.05) is 11.4 Å². The number of nitrogens with one attached hydrogen (secondary N) is 1. The fraction of sp³-hybridized carbons (Fsp3) is 0.316. The van der Waals surface area contributed by atoms with Gasteiger partial charge in [0.15, 0.2) is 11.5 Å². The minimum absolute atomic E-state index is 0.0264. The van der Waals surface area contributed by atoms with Crippen LogP contribution in [0.3, 0.4) is 0 Å². The van der Waals surface area contributed by atoms with Gasteiger partial charge in [-0.3, -0.25) is 9.20 Å². The number of anilines is 1. The highest BCUT2D eigenvalue weighted by atomic mass is 16.2. The number of amides is 1. The average molecular weight is 335 g/mol. The zero-order valence-electron chi connectivity index (χ0n) is 14.2. The van der Waals surface area contributed by atoms with Gasteiger partial charge in [0, 0.05) is 30.9 Å². The molecule has 1 saturated heterocycles. The van der Waals surface area contributed by atoms with Crippen molar-refractivity contribution >= 4 is 17.2 Å². The van der Waals surface area contributed by atoms with Crippen molar-refractivity contribution < 1.29 is 4.79 Å². The first kappa shape index (κ1) is 15.8. The van der Waals surface area contributed by atoms with Gasteiger partial charge in [-0.2, -0.15) is 0 Å². The van der Waals surface area contributed by atoms with E-state index in [1.165, 1.54) is 0 Å². The Morgan fingerprint density at radius 2 is 1.92 bits per heavy atom. The number of benzene rings is 1. The molecule has 2 atom stereocenters. The van der Waals surface area contributed by atoms with Crippen LogP contribution in [0.4, 0.5) is 5.69 Å². The molecule has 1 fully saturated rings. The molecule has 0 unspecified atom stereocenters. The van der Waals surface area contributed by atoms with Crippen molar-refractivity contribution in [2.45, 2.75) is 31.8 Å². The zero-order valence-corrected chi connectivity index (χ0v) is 14.2. The molecule has 1 aromatic carbocycles. The largest absolute Gasteiger partial charge is 0.312 e. The minimum Gasteiger partial charge on any atom is -0.312 e. The summed E-state index contributed by atoms with van der Waals surface area (Å²) in [4.78, 5) is 14.4. The molecular formula is C19H21N5O. The number of fused-ring (bicyclic) bond motifs is 1. The molecule has 1 amide bonds. The highest BCUT2D eigenvalue weighted by Gasteiger charge is 2.28. The highest BCUT2D eigenvalue weighted by molar-refractivity contribution is 5.94. The first-order chi connectivity index (χ1) is 12.2. The molecule has 0 aliphatic carbocycles. The standard InChI is InChI=1S/C19H21N5O/c1-14(19-22-21-17-9-5-6-11-24(17)19)20-15-10-12-23(18(25)13-15)16-7-3-2-4-8-16/h2-9,11,14-15,20H,10,12-13H2,1H3/t14-,15+/m0/s1. The summed E-state index contributed by atoms with van der Waals surface area (Å²) in [6.07, 6.45) is 3.38. The Balaban J connectivity index is 1.43. The van der Waals surface area contributed by atoms with Crippen LogP contribution in [-0.2, 0) is 4.79 Å². The Kier molecular flexibility index (Phi) is 4.19. The molecule has 0 saturated carbocycles. The number of aromatic nitrogens is 3. The summed E-state index contributed by atoms with van der Waals surface area (Å²) in [7, 11) is 0. The Hall–Kier alpha value is -2.73. The summed E-state index contributed by atoms with van der Waals surface area (Å²) in [5.74, 6) is 1.03. The molecule has 3 heterocycles. The number of rotatable bonds is 4. The lowest BCUT2D eigenvalue weighted by Crippen LogP contribution is -2.46. The van der Waals surface area contributed by atoms with E-state index in [4.69, 9.17) is 0 Å². The second-order valence-electron chi connectivity index (χ2n) is 6.45. The Morgan fingerprint density at radius 1 is 1.12 bits per heavy atom. The van der Waals surface area contributed by atoms with Gasteiger partial charge in [-0.25, -0.2) is 0 Å². The number of para-hydroxylation sites is 1. The minimum atomic E-state index is 0.0264. The van der Waals surface area contributed by atoms with Gasteiger partial charge in [0.05, 0.1) is 6.04 Å². The van der Waals surface area contributed by atoms with Gasteiger partial charge in [-0.15, -0.1) is 10.2 Å². The van der Waals surface area contributed by atoms with E-state index in [0.29, 0.717) is 6.42 Å². The lowest BCUT2D eigenvalue weighted by molar-refractivity contribution is -0.120. The number of hydrogen-bond acceptors (Lipinski definition) is 4. The highest BCUT2D eigenvalue weighted by Crippen LogP contribution is 2.22. The third-order valence-electron chi connectivity index (χ3n) is 4.70. The monoisotopic (exact) mass is 335 g/mol. The van der Waals surface area contributed by atoms with E-state index in [9.17, 15) is 4.79 Å². The van der Waals surface area contributed by atoms with Crippen LogP contribution in [0.15, 0.2) is 54.7 Å². The van der Waals surface area contributed by atoms with Crippen molar-refractivity contribution in [3.8, 4) is 0 Å². The van der Waals surface area contributed by atoms with Gasteiger partial charge < -0.3 is 10.2 Å². The molecule has 6 heteroatoms. The first-order valence-corrected chi connectivity index (χ1v) is 8.63. The number of piperidine rings is 1. The molecule has 128 valence electrons. The molecule has 2 aromatic heterocycles. The van der Waals surface area contributed by atoms with E-state index in [1.807, 2.05) is 64.0 Å². The summed E-state index contributed by atoms with van der Waals surface area (Å²) in [5.41, 5.74) is 1.81. The summed E-state index contributed by atoms with van der Waals surface area (Å²) in [6, 6.07) is 15.9. The number of carbonyl (C=O) groups excluding carboxylic acids is 1. The van der Waals surface area contributed by atoms with Crippen LogP contribution in [0.1, 0.15) is 31.6 Å². The van der Waals surface area contributed by atoms with Crippen LogP contribution in [0.2, 0.25) is 0 Å². The lowest BCUT2D eigenvalue weighted by atomic mass is 10.0. The summed E-state index contributed by atoms with van der Waals surface area (Å²) >= 11 is 0. The maximum Gasteiger partial charge on any atom is 0.228 e. The molecule has 4 rings (SSSR count). The third kappa shape index (κ3) is 3.13. The van der Waals surface area contributed by atoms with Crippen molar-refractivity contribution in [3.05, 3.63) is 60.6 Å². The van der Waals surface area contributed by atoms with Crippen LogP contribution in [-0.4, -0.2) is 33.1 Å². The van der Waals surface area contributed by atoms with E-state index < -0.39 is 0 Å². The Morgan fingerprint density at radius 3 is 2.72 bits per heavy atom. The molecule has 1 aliphatic heterocycles. The predicted octanol–water partition coefficient (Wildman–Crippen LogP) is 2.58. The fourth-order valence-corrected chi connectivity index (χ4v) is 3.44. The van der Waals surface area contributed by atoms with Gasteiger partial charge in [-0.05, 0) is 37.6 Å². The molecule has 25 heavy (non-hydrogen) atoms. The van der Waals surface area contributed by atoms with Gasteiger partial charge in [0.25, 0.3) is 0 Å². The van der Waals surface area contributed by atoms with E-state index >= 15 is 0 Å². The number of pyridine rings is 1. The van der Waals surface area contributed by atoms with Crippen molar-refractivity contribution in [1.29, 1.82) is 0 Å². The number of hydrogen-bond donors (Lipinski definition) is 1. The lowest BCUT2D eigenvalue weighted by Gasteiger charge is -2.33. The molecule has 0 spiro atoms. The summed E-state index contributed by atoms with van der Waals surface area (Å²) in [5, 5.41) is 12.0. The molecule has 0 radical (unpaired) electrons. The average Bonchev–Trinajstić information content (AvgIpc) is 3.07. The molecule has 1 N–H and O–H groups in total. The maximum atomic E-state index is 12.5. The van der Waals surface area contributed by atoms with E-state index in [1.54, 1.807) is 0 Å². The second kappa shape index (κ2) is 6.64. The van der Waals surface area contributed by atoms with Gasteiger partial charge >= 0.3 is 0 Å². The van der Waals surface area contributed by atoms with E-state index in [2.05, 4.69) is 22.4 Å². The first-order valence-electron chi connectivity index (χ1n) is 8.63. The van der Waals surface area contributed by atoms with Gasteiger partial charge in [0.1, 0.15) is 0 Å². The van der Waals surface area contributed by atoms with Crippen LogP contribution in [0.25, 0.3) is 5.65 Å². The number of nitrogens with zero attached hydrogens (tertiary/aromatic N) is 4. The van der Waals surface area contributed by atoms with Crippen molar-refractivity contribution in [2.24, 2.45) is 0 Å². The topological polar surface area (TPSA) is 62.5 Å². The maximum absolute atomic E-state index is 12.5. The SMILES string of the molecule is C[C@H](N[C@@H]1CCN(c2ccccc2)C(=O)C1)c1nnc2ccccn12. The quantitative estimate of drug-likeness (QED) is 0.796. The van der Waals surface area contributed by atoms with Crippen LogP contribution < -0.4 is 10.2 Å². The smallest absolute Gasteiger partial charge is 0.228 e. The molecule has 0 bridgehead atoms. The summed E-state index contributed by atoms with van der Waals surface area (Å²) < 4.78 is 1.98. The molecule has 3 aromatic rings. The second-order valence-corrected chi connectivity index (χ2v) is 6.45.